The first kappa shape index (κ1) is 17.0. The van der Waals surface area contributed by atoms with Crippen molar-refractivity contribution in [1.29, 1.82) is 0 Å². The predicted molar refractivity (Wildman–Crippen MR) is 69.9 cm³/mol. The fourth-order valence-corrected chi connectivity index (χ4v) is 3.33. The number of amides is 1. The van der Waals surface area contributed by atoms with Crippen LogP contribution in [0.4, 0.5) is 0 Å². The van der Waals surface area contributed by atoms with Crippen molar-refractivity contribution >= 4 is 23.1 Å². The normalized spacial score (nSPS) is 18.8. The minimum Gasteiger partial charge on any atom is -0.466 e. The number of esters is 1. The molecule has 3 N–H and O–H groups in total. The van der Waals surface area contributed by atoms with Gasteiger partial charge >= 0.3 is 5.97 Å². The van der Waals surface area contributed by atoms with E-state index in [0.29, 0.717) is 25.7 Å². The number of nitrogens with one attached hydrogen (secondary N) is 1. The first-order valence-electron chi connectivity index (χ1n) is 6.46. The molecule has 116 valence electrons. The van der Waals surface area contributed by atoms with Crippen molar-refractivity contribution in [2.45, 2.75) is 44.6 Å². The van der Waals surface area contributed by atoms with E-state index in [1.54, 1.807) is 12.4 Å². The molecule has 0 saturated heterocycles. The third kappa shape index (κ3) is 3.75. The minimum atomic E-state index is -2.42. The largest absolute Gasteiger partial charge is 0.466 e. The summed E-state index contributed by atoms with van der Waals surface area (Å²) in [6.07, 6.45) is 2.03. The van der Waals surface area contributed by atoms with E-state index < -0.39 is 28.7 Å². The van der Waals surface area contributed by atoms with Crippen molar-refractivity contribution < 1.29 is 28.3 Å². The summed E-state index contributed by atoms with van der Waals surface area (Å²) in [5.74, 6) is -1.22. The van der Waals surface area contributed by atoms with Crippen LogP contribution in [0.2, 0.25) is 0 Å². The summed E-state index contributed by atoms with van der Waals surface area (Å²) in [6, 6.07) is 0. The molecule has 1 fully saturated rings. The van der Waals surface area contributed by atoms with Gasteiger partial charge in [-0.2, -0.15) is 4.31 Å². The van der Waals surface area contributed by atoms with Gasteiger partial charge in [-0.1, -0.05) is 12.8 Å². The fraction of sp³-hybridized carbons (Fsp3) is 0.818. The van der Waals surface area contributed by atoms with Crippen molar-refractivity contribution in [3.05, 3.63) is 0 Å². The third-order valence-corrected chi connectivity index (χ3v) is 4.35. The molecule has 1 atom stereocenters. The Morgan fingerprint density at radius 1 is 1.40 bits per heavy atom. The van der Waals surface area contributed by atoms with Crippen LogP contribution in [0.5, 0.6) is 0 Å². The van der Waals surface area contributed by atoms with Crippen molar-refractivity contribution in [1.82, 2.24) is 9.79 Å². The lowest BCUT2D eigenvalue weighted by Gasteiger charge is -2.35. The fourth-order valence-electron chi connectivity index (χ4n) is 2.52. The van der Waals surface area contributed by atoms with Gasteiger partial charge in [0.05, 0.1) is 13.0 Å². The van der Waals surface area contributed by atoms with Gasteiger partial charge < -0.3 is 4.74 Å². The van der Waals surface area contributed by atoms with Crippen LogP contribution in [0, 0.1) is 0 Å². The zero-order chi connectivity index (χ0) is 15.2. The Balaban J connectivity index is 2.84. The molecular formula is C11H20N2O6S. The number of rotatable bonds is 7. The van der Waals surface area contributed by atoms with Gasteiger partial charge in [0.25, 0.3) is 5.91 Å². The van der Waals surface area contributed by atoms with Gasteiger partial charge in [0, 0.05) is 6.54 Å². The highest BCUT2D eigenvalue weighted by Crippen LogP contribution is 2.36. The zero-order valence-electron chi connectivity index (χ0n) is 11.3. The lowest BCUT2D eigenvalue weighted by molar-refractivity contribution is -0.145. The van der Waals surface area contributed by atoms with Crippen LogP contribution < -0.4 is 5.48 Å². The second-order valence-electron chi connectivity index (χ2n) is 4.57. The van der Waals surface area contributed by atoms with Gasteiger partial charge in [0.1, 0.15) is 5.54 Å². The molecule has 0 aromatic carbocycles. The number of nitrogens with zero attached hydrogens (tertiary/aromatic N) is 1. The highest BCUT2D eigenvalue weighted by Gasteiger charge is 2.48. The lowest BCUT2D eigenvalue weighted by Crippen LogP contribution is -2.57. The molecule has 0 aromatic rings. The van der Waals surface area contributed by atoms with Gasteiger partial charge in [-0.15, -0.1) is 0 Å². The average Bonchev–Trinajstić information content (AvgIpc) is 2.88. The molecule has 20 heavy (non-hydrogen) atoms. The molecule has 1 aliphatic rings. The van der Waals surface area contributed by atoms with Crippen LogP contribution in [0.1, 0.15) is 39.0 Å². The maximum Gasteiger partial charge on any atom is 0.307 e. The van der Waals surface area contributed by atoms with Crippen LogP contribution in [0.3, 0.4) is 0 Å². The quantitative estimate of drug-likeness (QED) is 0.268. The molecule has 1 saturated carbocycles. The second-order valence-corrected chi connectivity index (χ2v) is 5.47. The molecular weight excluding hydrogens is 288 g/mol. The molecule has 0 aliphatic heterocycles. The predicted octanol–water partition coefficient (Wildman–Crippen LogP) is 0.197. The SMILES string of the molecule is CCOC(=O)CCN(S(=O)O)C1(C(=O)NO)CCCC1. The van der Waals surface area contributed by atoms with Crippen LogP contribution in [0.15, 0.2) is 0 Å². The average molecular weight is 308 g/mol. The number of carbonyl (C=O) groups is 2. The molecule has 8 nitrogen and oxygen atoms in total. The summed E-state index contributed by atoms with van der Waals surface area (Å²) < 4.78 is 26.7. The molecule has 0 aromatic heterocycles. The number of hydroxylamine groups is 1. The minimum absolute atomic E-state index is 0.0879. The van der Waals surface area contributed by atoms with E-state index in [1.165, 1.54) is 0 Å². The zero-order valence-corrected chi connectivity index (χ0v) is 12.1. The van der Waals surface area contributed by atoms with Crippen molar-refractivity contribution in [2.75, 3.05) is 13.2 Å². The Bertz CT molecular complexity index is 383. The van der Waals surface area contributed by atoms with Gasteiger partial charge in [-0.05, 0) is 19.8 Å². The van der Waals surface area contributed by atoms with E-state index in [0.717, 1.165) is 4.31 Å². The summed E-state index contributed by atoms with van der Waals surface area (Å²) in [5.41, 5.74) is 0.304. The standard InChI is InChI=1S/C11H20N2O6S/c1-2-19-9(14)5-8-13(20(17)18)11(10(15)12-16)6-3-4-7-11/h16H,2-8H2,1H3,(H,12,15)(H,17,18). The monoisotopic (exact) mass is 308 g/mol. The highest BCUT2D eigenvalue weighted by atomic mass is 32.2. The first-order valence-corrected chi connectivity index (χ1v) is 7.53. The smallest absolute Gasteiger partial charge is 0.307 e. The summed E-state index contributed by atoms with van der Waals surface area (Å²) in [4.78, 5) is 23.2. The number of ether oxygens (including phenoxy) is 1. The van der Waals surface area contributed by atoms with Gasteiger partial charge in [0.2, 0.25) is 11.3 Å². The van der Waals surface area contributed by atoms with Gasteiger partial charge in [-0.25, -0.2) is 9.69 Å². The Morgan fingerprint density at radius 2 is 2.00 bits per heavy atom. The topological polar surface area (TPSA) is 116 Å². The molecule has 9 heteroatoms. The Morgan fingerprint density at radius 3 is 2.45 bits per heavy atom. The molecule has 0 heterocycles. The second kappa shape index (κ2) is 7.67. The summed E-state index contributed by atoms with van der Waals surface area (Å²) >= 11 is -2.42. The van der Waals surface area contributed by atoms with Crippen molar-refractivity contribution in [2.24, 2.45) is 0 Å². The van der Waals surface area contributed by atoms with Crippen LogP contribution in [-0.4, -0.2) is 48.8 Å². The molecule has 0 spiro atoms. The van der Waals surface area contributed by atoms with Crippen LogP contribution in [-0.2, 0) is 25.6 Å². The number of carbonyl (C=O) groups excluding carboxylic acids is 2. The molecule has 1 unspecified atom stereocenters. The third-order valence-electron chi connectivity index (χ3n) is 3.45. The first-order chi connectivity index (χ1) is 9.47. The Hall–Kier alpha value is -1.03. The van der Waals surface area contributed by atoms with E-state index in [9.17, 15) is 18.4 Å². The molecule has 1 rings (SSSR count). The summed E-state index contributed by atoms with van der Waals surface area (Å²) in [6.45, 7) is 1.80. The van der Waals surface area contributed by atoms with E-state index in [4.69, 9.17) is 9.94 Å². The van der Waals surface area contributed by atoms with Gasteiger partial charge in [-0.3, -0.25) is 19.3 Å². The summed E-state index contributed by atoms with van der Waals surface area (Å²) in [5, 5.41) is 8.85. The Kier molecular flexibility index (Phi) is 6.53. The van der Waals surface area contributed by atoms with E-state index in [1.807, 2.05) is 0 Å². The lowest BCUT2D eigenvalue weighted by atomic mass is 9.96. The summed E-state index contributed by atoms with van der Waals surface area (Å²) in [7, 11) is 0. The van der Waals surface area contributed by atoms with E-state index in [2.05, 4.69) is 0 Å². The van der Waals surface area contributed by atoms with Crippen LogP contribution in [0.25, 0.3) is 0 Å². The van der Waals surface area contributed by atoms with Crippen molar-refractivity contribution in [3.8, 4) is 0 Å². The molecule has 1 amide bonds. The van der Waals surface area contributed by atoms with E-state index >= 15 is 0 Å². The maximum absolute atomic E-state index is 11.9. The highest BCUT2D eigenvalue weighted by molar-refractivity contribution is 7.76. The molecule has 1 aliphatic carbocycles. The number of hydrogen-bond acceptors (Lipinski definition) is 5. The van der Waals surface area contributed by atoms with Gasteiger partial charge in [0.15, 0.2) is 0 Å². The van der Waals surface area contributed by atoms with Crippen LogP contribution >= 0.6 is 0 Å². The number of hydrogen-bond donors (Lipinski definition) is 3. The Labute approximate surface area is 119 Å². The molecule has 0 bridgehead atoms. The van der Waals surface area contributed by atoms with Crippen molar-refractivity contribution in [3.63, 3.8) is 0 Å². The molecule has 0 radical (unpaired) electrons. The van der Waals surface area contributed by atoms with E-state index in [-0.39, 0.29) is 19.6 Å². The maximum atomic E-state index is 11.9.